The van der Waals surface area contributed by atoms with E-state index in [2.05, 4.69) is 25.3 Å². The minimum Gasteiger partial charge on any atom is -0.491 e. The second kappa shape index (κ2) is 23.5. The van der Waals surface area contributed by atoms with E-state index in [0.29, 0.717) is 51.4 Å². The molecule has 9 atom stereocenters. The molecule has 1 aromatic carbocycles. The Kier molecular flexibility index (Phi) is 19.1. The van der Waals surface area contributed by atoms with Crippen LogP contribution in [0.4, 0.5) is 13.2 Å². The predicted molar refractivity (Wildman–Crippen MR) is 229 cm³/mol. The van der Waals surface area contributed by atoms with Crippen molar-refractivity contribution in [3.63, 3.8) is 0 Å². The number of ketones is 2. The van der Waals surface area contributed by atoms with Crippen molar-refractivity contribution in [3.8, 4) is 5.75 Å². The minimum absolute atomic E-state index is 0.0210. The molecule has 5 aliphatic rings. The second-order valence-corrected chi connectivity index (χ2v) is 17.6. The van der Waals surface area contributed by atoms with E-state index in [9.17, 15) is 52.5 Å². The summed E-state index contributed by atoms with van der Waals surface area (Å²) in [5.74, 6) is -1.70. The van der Waals surface area contributed by atoms with Gasteiger partial charge in [-0.25, -0.2) is 0 Å². The number of Topliss-reactive ketones (excluding diaryl/α,β-unsaturated/α-hetero) is 1. The largest absolute Gasteiger partial charge is 0.491 e. The molecule has 3 fully saturated rings. The molecule has 354 valence electrons. The number of carbonyl (C=O) groups excluding carboxylic acids is 5. The van der Waals surface area contributed by atoms with E-state index < -0.39 is 60.1 Å². The molecule has 0 bridgehead atoms. The van der Waals surface area contributed by atoms with Crippen LogP contribution in [0.2, 0.25) is 0 Å². The van der Waals surface area contributed by atoms with Gasteiger partial charge in [-0.2, -0.15) is 13.2 Å². The monoisotopic (exact) mass is 903 g/mol. The van der Waals surface area contributed by atoms with Crippen LogP contribution < -0.4 is 10.5 Å². The summed E-state index contributed by atoms with van der Waals surface area (Å²) in [5, 5.41) is 40.4. The molecule has 0 aliphatic heterocycles. The fraction of sp³-hybridized carbons (Fsp3) is 0.604. The van der Waals surface area contributed by atoms with Gasteiger partial charge >= 0.3 is 18.1 Å². The number of alkyl halides is 3. The van der Waals surface area contributed by atoms with Gasteiger partial charge in [-0.3, -0.25) is 24.0 Å². The number of aliphatic hydroxyl groups is 4. The van der Waals surface area contributed by atoms with Crippen LogP contribution >= 0.6 is 0 Å². The molecular weight excluding hydrogens is 840 g/mol. The van der Waals surface area contributed by atoms with Gasteiger partial charge in [-0.15, -0.1) is 6.58 Å². The highest BCUT2D eigenvalue weighted by Gasteiger charge is 2.59. The summed E-state index contributed by atoms with van der Waals surface area (Å²) in [7, 11) is 0. The van der Waals surface area contributed by atoms with Gasteiger partial charge in [0.05, 0.1) is 35.7 Å². The first kappa shape index (κ1) is 52.0. The number of allylic oxidation sites excluding steroid dienone is 5. The molecule has 16 heteroatoms. The quantitative estimate of drug-likeness (QED) is 0.0712. The summed E-state index contributed by atoms with van der Waals surface area (Å²) in [4.78, 5) is 58.7. The maximum absolute atomic E-state index is 13.2. The zero-order valence-electron chi connectivity index (χ0n) is 36.7. The number of fused-ring (bicyclic) bond motifs is 5. The number of carbonyl (C=O) groups is 5. The topological polar surface area (TPSA) is 220 Å². The highest BCUT2D eigenvalue weighted by molar-refractivity contribution is 5.92. The Hall–Kier alpha value is -4.64. The first-order chi connectivity index (χ1) is 30.2. The van der Waals surface area contributed by atoms with Crippen LogP contribution in [0.3, 0.4) is 0 Å². The third-order valence-corrected chi connectivity index (χ3v) is 13.0. The average Bonchev–Trinajstić information content (AvgIpc) is 3.76. The molecule has 3 saturated carbocycles. The minimum atomic E-state index is -4.39. The van der Waals surface area contributed by atoms with Gasteiger partial charge in [0, 0.05) is 25.2 Å². The van der Waals surface area contributed by atoms with Crippen molar-refractivity contribution in [3.05, 3.63) is 77.9 Å². The van der Waals surface area contributed by atoms with Crippen LogP contribution in [0.5, 0.6) is 5.75 Å². The normalized spacial score (nSPS) is 28.6. The number of nitrogens with two attached hydrogens (primary N) is 1. The lowest BCUT2D eigenvalue weighted by atomic mass is 9.53. The number of aliphatic hydroxyl groups excluding tert-OH is 3. The summed E-state index contributed by atoms with van der Waals surface area (Å²) in [6.45, 7) is 6.21. The lowest BCUT2D eigenvalue weighted by Crippen LogP contribution is -2.51. The fourth-order valence-corrected chi connectivity index (χ4v) is 9.71. The predicted octanol–water partition coefficient (Wildman–Crippen LogP) is 6.20. The highest BCUT2D eigenvalue weighted by Crippen LogP contribution is 2.61. The fourth-order valence-electron chi connectivity index (χ4n) is 9.71. The van der Waals surface area contributed by atoms with E-state index in [1.807, 2.05) is 18.2 Å². The molecule has 6 N–H and O–H groups in total. The number of amides is 1. The molecule has 64 heavy (non-hydrogen) atoms. The van der Waals surface area contributed by atoms with Crippen molar-refractivity contribution in [1.82, 2.24) is 0 Å². The standard InChI is InChI=1S/C35H48O9.C11H11F3O2.C2H5NO/c1-34-15-12-24(36)19-23(34)8-9-26-27(34)13-16-35(42)28(26)10-11-29(35)31(39)21-44-33(41)14-17-43-32(40)7-5-3-2-4-6-22-18-25(37)20-30(22)38;1-2-9(15)7-16-10-5-3-4-8(6-10)11(12,13)14;1-2(3)4/h2,4,13,19,22,25-26,28-30,37-38,42H,3,5-12,14-18,20-21H2,1H3;2-6,9,15H,1,7H2;1H3,(H2,3,4)/b4-2-;;. The summed E-state index contributed by atoms with van der Waals surface area (Å²) in [6.07, 6.45) is 10.8. The zero-order chi connectivity index (χ0) is 47.2. The van der Waals surface area contributed by atoms with E-state index in [0.717, 1.165) is 37.8 Å². The summed E-state index contributed by atoms with van der Waals surface area (Å²) < 4.78 is 52.3. The van der Waals surface area contributed by atoms with Crippen LogP contribution in [0, 0.1) is 29.1 Å². The van der Waals surface area contributed by atoms with E-state index in [-0.39, 0.29) is 72.4 Å². The van der Waals surface area contributed by atoms with Gasteiger partial charge in [-0.05, 0) is 113 Å². The Balaban J connectivity index is 0.000000373. The van der Waals surface area contributed by atoms with Gasteiger partial charge in [-0.1, -0.05) is 48.4 Å². The maximum atomic E-state index is 13.2. The molecule has 5 aliphatic carbocycles. The lowest BCUT2D eigenvalue weighted by Gasteiger charge is -2.52. The number of ether oxygens (including phenoxy) is 3. The van der Waals surface area contributed by atoms with E-state index in [4.69, 9.17) is 19.3 Å². The molecule has 0 heterocycles. The van der Waals surface area contributed by atoms with Crippen molar-refractivity contribution in [1.29, 1.82) is 0 Å². The van der Waals surface area contributed by atoms with Crippen LogP contribution in [0.15, 0.2) is 72.4 Å². The molecule has 0 aromatic heterocycles. The van der Waals surface area contributed by atoms with Gasteiger partial charge in [0.2, 0.25) is 5.91 Å². The van der Waals surface area contributed by atoms with E-state index >= 15 is 0 Å². The molecule has 13 nitrogen and oxygen atoms in total. The molecular formula is C48H64F3NO12. The van der Waals surface area contributed by atoms with E-state index in [1.165, 1.54) is 36.3 Å². The van der Waals surface area contributed by atoms with E-state index in [1.54, 1.807) is 0 Å². The smallest absolute Gasteiger partial charge is 0.416 e. The van der Waals surface area contributed by atoms with Crippen LogP contribution in [-0.2, 0) is 39.6 Å². The molecule has 1 aromatic rings. The van der Waals surface area contributed by atoms with Crippen molar-refractivity contribution in [2.45, 2.75) is 134 Å². The number of halogens is 3. The van der Waals surface area contributed by atoms with Gasteiger partial charge in [0.1, 0.15) is 31.7 Å². The number of hydrogen-bond acceptors (Lipinski definition) is 12. The van der Waals surface area contributed by atoms with Gasteiger partial charge in [0.25, 0.3) is 0 Å². The number of esters is 2. The number of hydrogen-bond donors (Lipinski definition) is 5. The van der Waals surface area contributed by atoms with Crippen molar-refractivity contribution in [2.24, 2.45) is 34.8 Å². The molecule has 1 amide bonds. The SMILES string of the molecule is C=CC(O)COc1cccc(C(F)(F)F)c1.CC(N)=O.CC12CCC(=O)C=C1CCC1C2=CCC2(O)C(C(=O)COC(=O)CCOC(=O)CCC/C=C\CC3CC(O)CC3O)CCC12. The van der Waals surface area contributed by atoms with Crippen LogP contribution in [0.1, 0.15) is 109 Å². The van der Waals surface area contributed by atoms with Crippen molar-refractivity contribution < 1.29 is 71.8 Å². The average molecular weight is 904 g/mol. The summed E-state index contributed by atoms with van der Waals surface area (Å²) >= 11 is 0. The Bertz CT molecular complexity index is 1910. The highest BCUT2D eigenvalue weighted by atomic mass is 19.4. The van der Waals surface area contributed by atoms with Crippen LogP contribution in [-0.4, -0.2) is 93.6 Å². The number of unbranched alkanes of at least 4 members (excludes halogenated alkanes) is 1. The third-order valence-electron chi connectivity index (χ3n) is 13.0. The maximum Gasteiger partial charge on any atom is 0.416 e. The van der Waals surface area contributed by atoms with Crippen LogP contribution in [0.25, 0.3) is 0 Å². The number of rotatable bonds is 16. The zero-order valence-corrected chi connectivity index (χ0v) is 36.7. The number of benzene rings is 1. The first-order valence-corrected chi connectivity index (χ1v) is 22.1. The lowest BCUT2D eigenvalue weighted by molar-refractivity contribution is -0.155. The number of primary amides is 1. The Morgan fingerprint density at radius 1 is 1.03 bits per heavy atom. The molecule has 0 radical (unpaired) electrons. The first-order valence-electron chi connectivity index (χ1n) is 22.1. The second-order valence-electron chi connectivity index (χ2n) is 17.6. The summed E-state index contributed by atoms with van der Waals surface area (Å²) in [6, 6.07) is 4.48. The molecule has 0 spiro atoms. The van der Waals surface area contributed by atoms with Gasteiger partial charge in [0.15, 0.2) is 11.6 Å². The molecule has 9 unspecified atom stereocenters. The summed E-state index contributed by atoms with van der Waals surface area (Å²) in [5.41, 5.74) is 4.94. The van der Waals surface area contributed by atoms with Gasteiger partial charge < -0.3 is 40.4 Å². The molecule has 6 rings (SSSR count). The third kappa shape index (κ3) is 14.4. The molecule has 0 saturated heterocycles. The Morgan fingerprint density at radius 3 is 2.42 bits per heavy atom. The van der Waals surface area contributed by atoms with Crippen molar-refractivity contribution >= 4 is 29.4 Å². The Morgan fingerprint density at radius 2 is 1.75 bits per heavy atom. The Labute approximate surface area is 372 Å². The van der Waals surface area contributed by atoms with Crippen molar-refractivity contribution in [2.75, 3.05) is 19.8 Å².